The van der Waals surface area contributed by atoms with Crippen LogP contribution in [0.4, 0.5) is 0 Å². The van der Waals surface area contributed by atoms with Crippen LogP contribution in [0.1, 0.15) is 16.3 Å². The van der Waals surface area contributed by atoms with Gasteiger partial charge in [-0.25, -0.2) is 4.98 Å². The Hall–Kier alpha value is -1.39. The molecular formula is C13H16N2OS. The molecule has 0 unspecified atom stereocenters. The standard InChI is InChI=1S/C13H16N2OS/c1-10-15-12(9-17-10)8-14-7-6-11-2-4-13(16)5-3-11/h2-5,9,14,16H,6-8H2,1H3. The highest BCUT2D eigenvalue weighted by atomic mass is 32.1. The number of aromatic nitrogens is 1. The molecule has 0 saturated heterocycles. The average Bonchev–Trinajstić information content (AvgIpc) is 2.73. The molecule has 0 radical (unpaired) electrons. The van der Waals surface area contributed by atoms with Crippen LogP contribution in [-0.4, -0.2) is 16.6 Å². The van der Waals surface area contributed by atoms with E-state index in [0.717, 1.165) is 30.2 Å². The highest BCUT2D eigenvalue weighted by Gasteiger charge is 1.98. The lowest BCUT2D eigenvalue weighted by atomic mass is 10.1. The number of phenolic OH excluding ortho intramolecular Hbond substituents is 1. The minimum atomic E-state index is 0.319. The van der Waals surface area contributed by atoms with Gasteiger partial charge in [-0.3, -0.25) is 0 Å². The van der Waals surface area contributed by atoms with E-state index in [4.69, 9.17) is 5.11 Å². The summed E-state index contributed by atoms with van der Waals surface area (Å²) in [5, 5.41) is 15.7. The molecule has 17 heavy (non-hydrogen) atoms. The Labute approximate surface area is 105 Å². The third-order valence-corrected chi connectivity index (χ3v) is 3.32. The summed E-state index contributed by atoms with van der Waals surface area (Å²) in [5.74, 6) is 0.319. The van der Waals surface area contributed by atoms with E-state index in [2.05, 4.69) is 15.7 Å². The van der Waals surface area contributed by atoms with Gasteiger partial charge in [0.2, 0.25) is 0 Å². The van der Waals surface area contributed by atoms with Crippen molar-refractivity contribution in [2.75, 3.05) is 6.54 Å². The van der Waals surface area contributed by atoms with Crippen molar-refractivity contribution < 1.29 is 5.11 Å². The normalized spacial score (nSPS) is 10.6. The lowest BCUT2D eigenvalue weighted by Crippen LogP contribution is -2.16. The molecule has 2 N–H and O–H groups in total. The minimum Gasteiger partial charge on any atom is -0.508 e. The first kappa shape index (κ1) is 12.1. The van der Waals surface area contributed by atoms with E-state index in [9.17, 15) is 0 Å². The molecular weight excluding hydrogens is 232 g/mol. The first-order chi connectivity index (χ1) is 8.24. The number of nitrogens with zero attached hydrogens (tertiary/aromatic N) is 1. The smallest absolute Gasteiger partial charge is 0.115 e. The van der Waals surface area contributed by atoms with Gasteiger partial charge in [0.25, 0.3) is 0 Å². The van der Waals surface area contributed by atoms with Gasteiger partial charge in [0.05, 0.1) is 10.7 Å². The minimum absolute atomic E-state index is 0.319. The second kappa shape index (κ2) is 5.80. The van der Waals surface area contributed by atoms with Gasteiger partial charge >= 0.3 is 0 Å². The summed E-state index contributed by atoms with van der Waals surface area (Å²) in [6.07, 6.45) is 0.962. The number of aromatic hydroxyl groups is 1. The molecule has 2 rings (SSSR count). The maximum atomic E-state index is 9.16. The monoisotopic (exact) mass is 248 g/mol. The molecule has 0 saturated carbocycles. The van der Waals surface area contributed by atoms with Crippen LogP contribution in [0.25, 0.3) is 0 Å². The third-order valence-electron chi connectivity index (χ3n) is 2.50. The van der Waals surface area contributed by atoms with Crippen LogP contribution < -0.4 is 5.32 Å². The van der Waals surface area contributed by atoms with Gasteiger partial charge in [-0.1, -0.05) is 12.1 Å². The van der Waals surface area contributed by atoms with Gasteiger partial charge in [0.15, 0.2) is 0 Å². The summed E-state index contributed by atoms with van der Waals surface area (Å²) in [6, 6.07) is 7.34. The number of phenols is 1. The van der Waals surface area contributed by atoms with Crippen molar-refractivity contribution in [3.8, 4) is 5.75 Å². The number of hydrogen-bond donors (Lipinski definition) is 2. The topological polar surface area (TPSA) is 45.2 Å². The van der Waals surface area contributed by atoms with E-state index in [1.165, 1.54) is 5.56 Å². The van der Waals surface area contributed by atoms with Crippen molar-refractivity contribution in [3.05, 3.63) is 45.9 Å². The molecule has 0 amide bonds. The van der Waals surface area contributed by atoms with Gasteiger partial charge < -0.3 is 10.4 Å². The number of thiazole rings is 1. The predicted octanol–water partition coefficient (Wildman–Crippen LogP) is 2.49. The Balaban J connectivity index is 1.71. The maximum Gasteiger partial charge on any atom is 0.115 e. The highest BCUT2D eigenvalue weighted by Crippen LogP contribution is 2.10. The fourth-order valence-corrected chi connectivity index (χ4v) is 2.21. The summed E-state index contributed by atoms with van der Waals surface area (Å²) >= 11 is 1.68. The second-order valence-corrected chi connectivity index (χ2v) is 5.01. The third kappa shape index (κ3) is 3.84. The lowest BCUT2D eigenvalue weighted by Gasteiger charge is -2.03. The fraction of sp³-hybridized carbons (Fsp3) is 0.308. The second-order valence-electron chi connectivity index (χ2n) is 3.95. The summed E-state index contributed by atoms with van der Waals surface area (Å²) < 4.78 is 0. The van der Waals surface area contributed by atoms with E-state index in [-0.39, 0.29) is 0 Å². The van der Waals surface area contributed by atoms with E-state index in [1.54, 1.807) is 23.5 Å². The van der Waals surface area contributed by atoms with Gasteiger partial charge in [0, 0.05) is 11.9 Å². The van der Waals surface area contributed by atoms with Crippen molar-refractivity contribution in [2.24, 2.45) is 0 Å². The molecule has 0 fully saturated rings. The fourth-order valence-electron chi connectivity index (χ4n) is 1.60. The van der Waals surface area contributed by atoms with Crippen LogP contribution in [0.3, 0.4) is 0 Å². The molecule has 1 aromatic heterocycles. The molecule has 1 heterocycles. The Bertz CT molecular complexity index is 465. The Morgan fingerprint density at radius 2 is 2.06 bits per heavy atom. The zero-order valence-corrected chi connectivity index (χ0v) is 10.6. The molecule has 0 aliphatic rings. The van der Waals surface area contributed by atoms with E-state index in [1.807, 2.05) is 19.1 Å². The molecule has 3 nitrogen and oxygen atoms in total. The molecule has 0 aliphatic carbocycles. The first-order valence-electron chi connectivity index (χ1n) is 5.63. The molecule has 1 aromatic carbocycles. The molecule has 0 atom stereocenters. The van der Waals surface area contributed by atoms with Crippen LogP contribution >= 0.6 is 11.3 Å². The van der Waals surface area contributed by atoms with Crippen molar-refractivity contribution in [1.82, 2.24) is 10.3 Å². The number of aryl methyl sites for hydroxylation is 1. The number of benzene rings is 1. The number of hydrogen-bond acceptors (Lipinski definition) is 4. The zero-order valence-electron chi connectivity index (χ0n) is 9.81. The van der Waals surface area contributed by atoms with Gasteiger partial charge in [-0.05, 0) is 37.6 Å². The van der Waals surface area contributed by atoms with E-state index in [0.29, 0.717) is 5.75 Å². The SMILES string of the molecule is Cc1nc(CNCCc2ccc(O)cc2)cs1. The maximum absolute atomic E-state index is 9.16. The first-order valence-corrected chi connectivity index (χ1v) is 6.51. The molecule has 4 heteroatoms. The predicted molar refractivity (Wildman–Crippen MR) is 70.4 cm³/mol. The van der Waals surface area contributed by atoms with E-state index >= 15 is 0 Å². The quantitative estimate of drug-likeness (QED) is 0.799. The average molecular weight is 248 g/mol. The van der Waals surface area contributed by atoms with E-state index < -0.39 is 0 Å². The van der Waals surface area contributed by atoms with Crippen molar-refractivity contribution >= 4 is 11.3 Å². The lowest BCUT2D eigenvalue weighted by molar-refractivity contribution is 0.475. The molecule has 0 spiro atoms. The Kier molecular flexibility index (Phi) is 4.12. The van der Waals surface area contributed by atoms with Gasteiger partial charge in [0.1, 0.15) is 5.75 Å². The van der Waals surface area contributed by atoms with Crippen molar-refractivity contribution in [2.45, 2.75) is 19.9 Å². The van der Waals surface area contributed by atoms with Crippen molar-refractivity contribution in [3.63, 3.8) is 0 Å². The zero-order chi connectivity index (χ0) is 12.1. The number of nitrogens with one attached hydrogen (secondary N) is 1. The Morgan fingerprint density at radius 3 is 2.71 bits per heavy atom. The Morgan fingerprint density at radius 1 is 1.29 bits per heavy atom. The summed E-state index contributed by atoms with van der Waals surface area (Å²) in [6.45, 7) is 3.76. The summed E-state index contributed by atoms with van der Waals surface area (Å²) in [7, 11) is 0. The number of rotatable bonds is 5. The van der Waals surface area contributed by atoms with Gasteiger partial charge in [-0.15, -0.1) is 11.3 Å². The summed E-state index contributed by atoms with van der Waals surface area (Å²) in [4.78, 5) is 4.39. The van der Waals surface area contributed by atoms with Crippen LogP contribution in [0.2, 0.25) is 0 Å². The largest absolute Gasteiger partial charge is 0.508 e. The summed E-state index contributed by atoms with van der Waals surface area (Å²) in [5.41, 5.74) is 2.34. The van der Waals surface area contributed by atoms with Crippen LogP contribution in [0.15, 0.2) is 29.6 Å². The molecule has 2 aromatic rings. The van der Waals surface area contributed by atoms with Crippen LogP contribution in [0.5, 0.6) is 5.75 Å². The van der Waals surface area contributed by atoms with Crippen LogP contribution in [0, 0.1) is 6.92 Å². The van der Waals surface area contributed by atoms with Gasteiger partial charge in [-0.2, -0.15) is 0 Å². The highest BCUT2D eigenvalue weighted by molar-refractivity contribution is 7.09. The van der Waals surface area contributed by atoms with Crippen molar-refractivity contribution in [1.29, 1.82) is 0 Å². The molecule has 0 aliphatic heterocycles. The van der Waals surface area contributed by atoms with Crippen LogP contribution in [-0.2, 0) is 13.0 Å². The molecule has 90 valence electrons. The molecule has 0 bridgehead atoms.